The summed E-state index contributed by atoms with van der Waals surface area (Å²) in [6, 6.07) is 11.6. The molecule has 0 atom stereocenters. The van der Waals surface area contributed by atoms with Gasteiger partial charge in [0.2, 0.25) is 5.06 Å². The van der Waals surface area contributed by atoms with Gasteiger partial charge in [0.25, 0.3) is 0 Å². The second kappa shape index (κ2) is 7.71. The molecule has 1 aromatic carbocycles. The zero-order chi connectivity index (χ0) is 22.4. The summed E-state index contributed by atoms with van der Waals surface area (Å²) in [7, 11) is 0. The molecule has 3 aromatic heterocycles. The van der Waals surface area contributed by atoms with E-state index in [0.717, 1.165) is 16.7 Å². The van der Waals surface area contributed by atoms with Crippen molar-refractivity contribution in [3.63, 3.8) is 0 Å². The van der Waals surface area contributed by atoms with Gasteiger partial charge in [0.05, 0.1) is 22.7 Å². The van der Waals surface area contributed by atoms with Gasteiger partial charge < -0.3 is 31.0 Å². The molecular weight excluding hydrogens is 430 g/mol. The van der Waals surface area contributed by atoms with Gasteiger partial charge >= 0.3 is 6.09 Å². The SMILES string of the molecule is N#Cc1c(NCC2CC(O)C2)nc2sc(OC(N)=O)c(N)c2c1-c1cc2ccccc2o1. The third kappa shape index (κ3) is 3.37. The van der Waals surface area contributed by atoms with E-state index in [1.807, 2.05) is 30.3 Å². The predicted octanol–water partition coefficient (Wildman–Crippen LogP) is 3.80. The lowest BCUT2D eigenvalue weighted by atomic mass is 9.82. The van der Waals surface area contributed by atoms with Crippen LogP contribution in [-0.2, 0) is 0 Å². The molecule has 0 saturated heterocycles. The van der Waals surface area contributed by atoms with Gasteiger partial charge in [-0.3, -0.25) is 0 Å². The number of rotatable bonds is 5. The van der Waals surface area contributed by atoms with Gasteiger partial charge in [-0.15, -0.1) is 0 Å². The molecule has 1 amide bonds. The van der Waals surface area contributed by atoms with Crippen molar-refractivity contribution in [3.05, 3.63) is 35.9 Å². The fraction of sp³-hybridized carbons (Fsp3) is 0.227. The van der Waals surface area contributed by atoms with E-state index in [9.17, 15) is 15.2 Å². The second-order valence-electron chi connectivity index (χ2n) is 7.75. The molecule has 0 bridgehead atoms. The number of ether oxygens (including phenoxy) is 1. The first-order valence-corrected chi connectivity index (χ1v) is 10.8. The second-order valence-corrected chi connectivity index (χ2v) is 8.71. The van der Waals surface area contributed by atoms with Crippen LogP contribution < -0.4 is 21.5 Å². The molecule has 32 heavy (non-hydrogen) atoms. The molecule has 9 nitrogen and oxygen atoms in total. The van der Waals surface area contributed by atoms with Crippen LogP contribution >= 0.6 is 11.3 Å². The van der Waals surface area contributed by atoms with Crippen molar-refractivity contribution in [2.24, 2.45) is 11.7 Å². The van der Waals surface area contributed by atoms with Crippen molar-refractivity contribution in [2.75, 3.05) is 17.6 Å². The molecule has 0 aliphatic heterocycles. The van der Waals surface area contributed by atoms with Crippen LogP contribution in [0.25, 0.3) is 32.5 Å². The van der Waals surface area contributed by atoms with Crippen molar-refractivity contribution in [1.29, 1.82) is 5.26 Å². The Balaban J connectivity index is 1.71. The van der Waals surface area contributed by atoms with Crippen LogP contribution in [0.3, 0.4) is 0 Å². The van der Waals surface area contributed by atoms with Gasteiger partial charge in [0.15, 0.2) is 0 Å². The maximum atomic E-state index is 11.3. The van der Waals surface area contributed by atoms with Gasteiger partial charge in [-0.2, -0.15) is 5.26 Å². The number of hydrogen-bond donors (Lipinski definition) is 4. The van der Waals surface area contributed by atoms with Crippen molar-refractivity contribution >= 4 is 50.1 Å². The number of nitriles is 1. The Bertz CT molecular complexity index is 1360. The minimum Gasteiger partial charge on any atom is -0.456 e. The summed E-state index contributed by atoms with van der Waals surface area (Å²) in [6.07, 6.45) is 0.145. The third-order valence-corrected chi connectivity index (χ3v) is 6.57. The number of nitrogens with zero attached hydrogens (tertiary/aromatic N) is 2. The van der Waals surface area contributed by atoms with Crippen LogP contribution in [0.2, 0.25) is 0 Å². The van der Waals surface area contributed by atoms with Gasteiger partial charge in [-0.25, -0.2) is 9.78 Å². The molecule has 162 valence electrons. The highest BCUT2D eigenvalue weighted by molar-refractivity contribution is 7.21. The van der Waals surface area contributed by atoms with Crippen LogP contribution in [0.5, 0.6) is 5.06 Å². The molecule has 1 fully saturated rings. The number of carbonyl (C=O) groups excluding carboxylic acids is 1. The average Bonchev–Trinajstić information content (AvgIpc) is 3.30. The van der Waals surface area contributed by atoms with E-state index in [1.165, 1.54) is 0 Å². The molecule has 1 saturated carbocycles. The first-order valence-electron chi connectivity index (χ1n) is 9.98. The Morgan fingerprint density at radius 3 is 2.88 bits per heavy atom. The van der Waals surface area contributed by atoms with Crippen molar-refractivity contribution in [2.45, 2.75) is 18.9 Å². The fourth-order valence-electron chi connectivity index (χ4n) is 4.00. The van der Waals surface area contributed by atoms with E-state index in [1.54, 1.807) is 0 Å². The highest BCUT2D eigenvalue weighted by Crippen LogP contribution is 2.47. The fourth-order valence-corrected chi connectivity index (χ4v) is 4.96. The number of fused-ring (bicyclic) bond motifs is 2. The number of aliphatic hydroxyl groups excluding tert-OH is 1. The van der Waals surface area contributed by atoms with Crippen LogP contribution in [-0.4, -0.2) is 28.8 Å². The number of benzene rings is 1. The number of aromatic nitrogens is 1. The van der Waals surface area contributed by atoms with E-state index in [0.29, 0.717) is 58.2 Å². The molecule has 3 heterocycles. The predicted molar refractivity (Wildman–Crippen MR) is 121 cm³/mol. The highest BCUT2D eigenvalue weighted by atomic mass is 32.1. The minimum atomic E-state index is -0.990. The number of nitrogens with one attached hydrogen (secondary N) is 1. The lowest BCUT2D eigenvalue weighted by molar-refractivity contribution is 0.0486. The number of thiophene rings is 1. The lowest BCUT2D eigenvalue weighted by Crippen LogP contribution is -2.33. The number of aliphatic hydroxyl groups is 1. The largest absolute Gasteiger partial charge is 0.456 e. The highest BCUT2D eigenvalue weighted by Gasteiger charge is 2.29. The van der Waals surface area contributed by atoms with Crippen molar-refractivity contribution < 1.29 is 19.1 Å². The van der Waals surface area contributed by atoms with Crippen molar-refractivity contribution in [1.82, 2.24) is 4.98 Å². The number of carbonyl (C=O) groups is 1. The first-order chi connectivity index (χ1) is 15.4. The van der Waals surface area contributed by atoms with Crippen molar-refractivity contribution in [3.8, 4) is 22.5 Å². The van der Waals surface area contributed by atoms with E-state index >= 15 is 0 Å². The molecule has 0 unspecified atom stereocenters. The molecule has 1 aliphatic carbocycles. The summed E-state index contributed by atoms with van der Waals surface area (Å²) in [5.74, 6) is 1.13. The Morgan fingerprint density at radius 1 is 1.41 bits per heavy atom. The number of anilines is 2. The Hall–Kier alpha value is -3.81. The normalized spacial score (nSPS) is 17.8. The zero-order valence-corrected chi connectivity index (χ0v) is 17.6. The summed E-state index contributed by atoms with van der Waals surface area (Å²) in [6.45, 7) is 0.565. The van der Waals surface area contributed by atoms with Gasteiger partial charge in [0.1, 0.15) is 33.6 Å². The Kier molecular flexibility index (Phi) is 4.84. The van der Waals surface area contributed by atoms with Crippen LogP contribution in [0.4, 0.5) is 16.3 Å². The number of primary amides is 1. The first kappa shape index (κ1) is 20.1. The minimum absolute atomic E-state index is 0.112. The molecule has 10 heteroatoms. The summed E-state index contributed by atoms with van der Waals surface area (Å²) >= 11 is 1.07. The summed E-state index contributed by atoms with van der Waals surface area (Å²) in [5, 5.41) is 24.3. The lowest BCUT2D eigenvalue weighted by Gasteiger charge is -2.31. The van der Waals surface area contributed by atoms with Gasteiger partial charge in [0, 0.05) is 11.9 Å². The van der Waals surface area contributed by atoms with Crippen LogP contribution in [0, 0.1) is 17.2 Å². The number of para-hydroxylation sites is 1. The maximum Gasteiger partial charge on any atom is 0.410 e. The van der Waals surface area contributed by atoms with E-state index in [2.05, 4.69) is 16.4 Å². The molecule has 4 aromatic rings. The average molecular weight is 449 g/mol. The van der Waals surface area contributed by atoms with Crippen LogP contribution in [0.1, 0.15) is 18.4 Å². The maximum absolute atomic E-state index is 11.3. The monoisotopic (exact) mass is 449 g/mol. The number of nitrogens with two attached hydrogens (primary N) is 2. The molecular formula is C22H19N5O4S. The molecule has 5 rings (SSSR count). The van der Waals surface area contributed by atoms with Gasteiger partial charge in [-0.05, 0) is 30.9 Å². The molecule has 0 spiro atoms. The van der Waals surface area contributed by atoms with E-state index < -0.39 is 6.09 Å². The Labute approximate surface area is 186 Å². The number of hydrogen-bond acceptors (Lipinski definition) is 9. The number of pyridine rings is 1. The van der Waals surface area contributed by atoms with Gasteiger partial charge in [-0.1, -0.05) is 29.5 Å². The summed E-state index contributed by atoms with van der Waals surface area (Å²) < 4.78 is 11.1. The summed E-state index contributed by atoms with van der Waals surface area (Å²) in [4.78, 5) is 16.4. The quantitative estimate of drug-likeness (QED) is 0.358. The molecule has 6 N–H and O–H groups in total. The van der Waals surface area contributed by atoms with E-state index in [4.69, 9.17) is 20.6 Å². The third-order valence-electron chi connectivity index (χ3n) is 5.59. The zero-order valence-electron chi connectivity index (χ0n) is 16.8. The number of furan rings is 1. The number of nitrogen functional groups attached to an aromatic ring is 1. The standard InChI is InChI=1S/C22H19N5O4S/c23-8-13-16(15-7-11-3-1-2-4-14(11)30-15)17-18(24)21(31-22(25)29)32-20(17)27-19(13)26-9-10-5-12(28)6-10/h1-4,7,10,12,28H,5-6,9,24H2,(H2,25,29)(H,26,27). The topological polar surface area (TPSA) is 160 Å². The smallest absolute Gasteiger partial charge is 0.410 e. The van der Waals surface area contributed by atoms with E-state index in [-0.39, 0.29) is 22.4 Å². The van der Waals surface area contributed by atoms with Crippen LogP contribution in [0.15, 0.2) is 34.7 Å². The summed E-state index contributed by atoms with van der Waals surface area (Å²) in [5.41, 5.74) is 13.0. The Morgan fingerprint density at radius 2 is 2.19 bits per heavy atom. The molecule has 0 radical (unpaired) electrons. The number of amides is 1. The molecule has 1 aliphatic rings.